The molecule has 0 aromatic heterocycles. The predicted molar refractivity (Wildman–Crippen MR) is 83.8 cm³/mol. The third kappa shape index (κ3) is 3.44. The molecule has 100 valence electrons. The lowest BCUT2D eigenvalue weighted by Gasteiger charge is -2.21. The van der Waals surface area contributed by atoms with Crippen LogP contribution in [0.2, 0.25) is 0 Å². The zero-order valence-electron chi connectivity index (χ0n) is 11.3. The van der Waals surface area contributed by atoms with E-state index >= 15 is 0 Å². The van der Waals surface area contributed by atoms with Gasteiger partial charge in [0.2, 0.25) is 0 Å². The largest absolute Gasteiger partial charge is 0.271 e. The van der Waals surface area contributed by atoms with Crippen molar-refractivity contribution in [3.05, 3.63) is 69.2 Å². The predicted octanol–water partition coefficient (Wildman–Crippen LogP) is 3.81. The van der Waals surface area contributed by atoms with Gasteiger partial charge in [-0.05, 0) is 54.7 Å². The first-order chi connectivity index (χ1) is 9.11. The number of hydrazine groups is 1. The second-order valence-corrected chi connectivity index (χ2v) is 5.77. The molecule has 19 heavy (non-hydrogen) atoms. The monoisotopic (exact) mass is 318 g/mol. The van der Waals surface area contributed by atoms with Crippen LogP contribution in [0.1, 0.15) is 28.3 Å². The quantitative estimate of drug-likeness (QED) is 0.664. The van der Waals surface area contributed by atoms with E-state index < -0.39 is 0 Å². The van der Waals surface area contributed by atoms with Crippen LogP contribution in [-0.4, -0.2) is 0 Å². The topological polar surface area (TPSA) is 38.0 Å². The molecule has 3 heteroatoms. The summed E-state index contributed by atoms with van der Waals surface area (Å²) in [5.74, 6) is 5.77. The summed E-state index contributed by atoms with van der Waals surface area (Å²) in [6.07, 6.45) is 0.877. The summed E-state index contributed by atoms with van der Waals surface area (Å²) in [4.78, 5) is 0. The molecule has 0 aliphatic carbocycles. The van der Waals surface area contributed by atoms with Crippen molar-refractivity contribution in [2.45, 2.75) is 26.3 Å². The first kappa shape index (κ1) is 14.3. The first-order valence-corrected chi connectivity index (χ1v) is 7.18. The Morgan fingerprint density at radius 3 is 2.32 bits per heavy atom. The van der Waals surface area contributed by atoms with Crippen LogP contribution in [-0.2, 0) is 6.42 Å². The summed E-state index contributed by atoms with van der Waals surface area (Å²) in [6.45, 7) is 4.27. The Balaban J connectivity index is 2.30. The van der Waals surface area contributed by atoms with Crippen molar-refractivity contribution in [1.82, 2.24) is 5.43 Å². The van der Waals surface area contributed by atoms with Gasteiger partial charge in [-0.15, -0.1) is 0 Å². The van der Waals surface area contributed by atoms with Crippen molar-refractivity contribution >= 4 is 15.9 Å². The lowest BCUT2D eigenvalue weighted by molar-refractivity contribution is 0.546. The molecule has 1 atom stereocenters. The molecule has 3 N–H and O–H groups in total. The highest BCUT2D eigenvalue weighted by Crippen LogP contribution is 2.25. The number of rotatable bonds is 4. The number of nitrogens with two attached hydrogens (primary N) is 1. The van der Waals surface area contributed by atoms with Gasteiger partial charge in [-0.2, -0.15) is 0 Å². The molecule has 0 saturated carbocycles. The Kier molecular flexibility index (Phi) is 4.75. The van der Waals surface area contributed by atoms with E-state index in [0.717, 1.165) is 10.9 Å². The van der Waals surface area contributed by atoms with Crippen LogP contribution in [0.25, 0.3) is 0 Å². The molecule has 0 aliphatic heterocycles. The lowest BCUT2D eigenvalue weighted by atomic mass is 9.92. The molecule has 1 unspecified atom stereocenters. The summed E-state index contributed by atoms with van der Waals surface area (Å²) >= 11 is 3.51. The Labute approximate surface area is 123 Å². The fourth-order valence-electron chi connectivity index (χ4n) is 2.52. The summed E-state index contributed by atoms with van der Waals surface area (Å²) < 4.78 is 1.10. The van der Waals surface area contributed by atoms with Gasteiger partial charge in [-0.1, -0.05) is 46.3 Å². The van der Waals surface area contributed by atoms with Crippen LogP contribution in [0.3, 0.4) is 0 Å². The summed E-state index contributed by atoms with van der Waals surface area (Å²) in [5, 5.41) is 0. The number of hydrogen-bond acceptors (Lipinski definition) is 2. The highest BCUT2D eigenvalue weighted by molar-refractivity contribution is 9.10. The third-order valence-electron chi connectivity index (χ3n) is 3.42. The van der Waals surface area contributed by atoms with Gasteiger partial charge in [-0.3, -0.25) is 11.3 Å². The van der Waals surface area contributed by atoms with Gasteiger partial charge >= 0.3 is 0 Å². The average molecular weight is 319 g/mol. The molecular formula is C16H19BrN2. The van der Waals surface area contributed by atoms with E-state index in [1.54, 1.807) is 0 Å². The van der Waals surface area contributed by atoms with E-state index in [-0.39, 0.29) is 6.04 Å². The zero-order chi connectivity index (χ0) is 13.8. The summed E-state index contributed by atoms with van der Waals surface area (Å²) in [7, 11) is 0. The molecule has 0 saturated heterocycles. The maximum atomic E-state index is 5.77. The molecule has 0 aliphatic rings. The van der Waals surface area contributed by atoms with Crippen molar-refractivity contribution in [2.75, 3.05) is 0 Å². The van der Waals surface area contributed by atoms with Crippen LogP contribution >= 0.6 is 15.9 Å². The summed E-state index contributed by atoms with van der Waals surface area (Å²) in [5.41, 5.74) is 8.06. The number of hydrogen-bond donors (Lipinski definition) is 2. The number of nitrogens with one attached hydrogen (secondary N) is 1. The minimum Gasteiger partial charge on any atom is -0.271 e. The second kappa shape index (κ2) is 6.33. The first-order valence-electron chi connectivity index (χ1n) is 6.38. The Hall–Kier alpha value is -1.16. The van der Waals surface area contributed by atoms with Crippen molar-refractivity contribution < 1.29 is 0 Å². The van der Waals surface area contributed by atoms with Gasteiger partial charge in [0.25, 0.3) is 0 Å². The van der Waals surface area contributed by atoms with Crippen LogP contribution in [0.5, 0.6) is 0 Å². The van der Waals surface area contributed by atoms with Crippen LogP contribution in [0.4, 0.5) is 0 Å². The van der Waals surface area contributed by atoms with Crippen molar-refractivity contribution in [1.29, 1.82) is 0 Å². The van der Waals surface area contributed by atoms with E-state index in [9.17, 15) is 0 Å². The standard InChI is InChI=1S/C16H19BrN2/c1-11-5-3-6-12(2)16(11)15(19-18)10-13-7-4-8-14(17)9-13/h3-9,15,19H,10,18H2,1-2H3. The highest BCUT2D eigenvalue weighted by Gasteiger charge is 2.15. The molecule has 0 fully saturated rings. The summed E-state index contributed by atoms with van der Waals surface area (Å²) in [6, 6.07) is 14.8. The number of halogens is 1. The third-order valence-corrected chi connectivity index (χ3v) is 3.91. The van der Waals surface area contributed by atoms with E-state index in [4.69, 9.17) is 5.84 Å². The molecular weight excluding hydrogens is 300 g/mol. The maximum Gasteiger partial charge on any atom is 0.0505 e. The molecule has 0 radical (unpaired) electrons. The van der Waals surface area contributed by atoms with Gasteiger partial charge in [-0.25, -0.2) is 0 Å². The van der Waals surface area contributed by atoms with E-state index in [0.29, 0.717) is 0 Å². The fraction of sp³-hybridized carbons (Fsp3) is 0.250. The SMILES string of the molecule is Cc1cccc(C)c1C(Cc1cccc(Br)c1)NN. The molecule has 0 bridgehead atoms. The van der Waals surface area contributed by atoms with Gasteiger partial charge in [0.05, 0.1) is 6.04 Å². The van der Waals surface area contributed by atoms with Crippen LogP contribution < -0.4 is 11.3 Å². The van der Waals surface area contributed by atoms with Crippen molar-refractivity contribution in [3.63, 3.8) is 0 Å². The van der Waals surface area contributed by atoms with E-state index in [1.807, 2.05) is 6.07 Å². The molecule has 2 rings (SSSR count). The van der Waals surface area contributed by atoms with E-state index in [1.165, 1.54) is 22.3 Å². The molecule has 0 spiro atoms. The molecule has 0 amide bonds. The molecule has 2 nitrogen and oxygen atoms in total. The van der Waals surface area contributed by atoms with Gasteiger partial charge < -0.3 is 0 Å². The Morgan fingerprint density at radius 2 is 1.74 bits per heavy atom. The highest BCUT2D eigenvalue weighted by atomic mass is 79.9. The number of aryl methyl sites for hydroxylation is 2. The zero-order valence-corrected chi connectivity index (χ0v) is 12.9. The smallest absolute Gasteiger partial charge is 0.0505 e. The minimum atomic E-state index is 0.135. The Bertz CT molecular complexity index is 546. The Morgan fingerprint density at radius 1 is 1.11 bits per heavy atom. The number of benzene rings is 2. The second-order valence-electron chi connectivity index (χ2n) is 4.86. The normalized spacial score (nSPS) is 12.4. The van der Waals surface area contributed by atoms with E-state index in [2.05, 4.69) is 71.6 Å². The van der Waals surface area contributed by atoms with Gasteiger partial charge in [0.15, 0.2) is 0 Å². The average Bonchev–Trinajstić information content (AvgIpc) is 2.37. The minimum absolute atomic E-state index is 0.135. The molecule has 2 aromatic rings. The molecule has 2 aromatic carbocycles. The maximum absolute atomic E-state index is 5.77. The van der Waals surface area contributed by atoms with Gasteiger partial charge in [0.1, 0.15) is 0 Å². The van der Waals surface area contributed by atoms with Crippen LogP contribution in [0, 0.1) is 13.8 Å². The molecule has 0 heterocycles. The van der Waals surface area contributed by atoms with Gasteiger partial charge in [0, 0.05) is 4.47 Å². The lowest BCUT2D eigenvalue weighted by Crippen LogP contribution is -2.30. The van der Waals surface area contributed by atoms with Crippen molar-refractivity contribution in [3.8, 4) is 0 Å². The fourth-order valence-corrected chi connectivity index (χ4v) is 2.97. The van der Waals surface area contributed by atoms with Crippen LogP contribution in [0.15, 0.2) is 46.9 Å². The van der Waals surface area contributed by atoms with Crippen molar-refractivity contribution in [2.24, 2.45) is 5.84 Å².